The normalized spacial score (nSPS) is 21.8. The Bertz CT molecular complexity index is 402. The van der Waals surface area contributed by atoms with Crippen LogP contribution in [0.3, 0.4) is 0 Å². The van der Waals surface area contributed by atoms with Crippen LogP contribution < -0.4 is 0 Å². The second-order valence-electron chi connectivity index (χ2n) is 4.82. The van der Waals surface area contributed by atoms with E-state index in [1.54, 1.807) is 4.90 Å². The number of amides is 1. The van der Waals surface area contributed by atoms with Crippen molar-refractivity contribution in [3.8, 4) is 0 Å². The van der Waals surface area contributed by atoms with Gasteiger partial charge >= 0.3 is 6.09 Å². The van der Waals surface area contributed by atoms with E-state index in [1.165, 1.54) is 0 Å². The number of carbonyl (C=O) groups is 1. The van der Waals surface area contributed by atoms with Crippen molar-refractivity contribution in [1.29, 1.82) is 0 Å². The van der Waals surface area contributed by atoms with Crippen molar-refractivity contribution in [1.82, 2.24) is 4.90 Å². The average Bonchev–Trinajstić information content (AvgIpc) is 2.34. The summed E-state index contributed by atoms with van der Waals surface area (Å²) in [5, 5.41) is 9.53. The van der Waals surface area contributed by atoms with Gasteiger partial charge in [0, 0.05) is 0 Å². The fourth-order valence-electron chi connectivity index (χ4n) is 1.81. The summed E-state index contributed by atoms with van der Waals surface area (Å²) in [5.74, 6) is 0. The molecule has 1 saturated heterocycles. The third kappa shape index (κ3) is 2.26. The van der Waals surface area contributed by atoms with Crippen LogP contribution in [0.2, 0.25) is 0 Å². The fourth-order valence-corrected chi connectivity index (χ4v) is 1.81. The van der Waals surface area contributed by atoms with E-state index < -0.39 is 11.6 Å². The summed E-state index contributed by atoms with van der Waals surface area (Å²) < 4.78 is 5.19. The van der Waals surface area contributed by atoms with Gasteiger partial charge in [-0.2, -0.15) is 0 Å². The highest BCUT2D eigenvalue weighted by Crippen LogP contribution is 2.30. The third-order valence-corrected chi connectivity index (χ3v) is 3.29. The highest BCUT2D eigenvalue weighted by Gasteiger charge is 2.48. The van der Waals surface area contributed by atoms with Crippen molar-refractivity contribution in [2.75, 3.05) is 6.54 Å². The van der Waals surface area contributed by atoms with Gasteiger partial charge in [-0.25, -0.2) is 4.79 Å². The summed E-state index contributed by atoms with van der Waals surface area (Å²) in [6.45, 7) is 4.26. The zero-order valence-corrected chi connectivity index (χ0v) is 10.1. The molecule has 1 aromatic rings. The van der Waals surface area contributed by atoms with E-state index in [2.05, 4.69) is 0 Å². The van der Waals surface area contributed by atoms with Gasteiger partial charge in [-0.15, -0.1) is 0 Å². The molecule has 1 aromatic carbocycles. The van der Waals surface area contributed by atoms with E-state index in [1.807, 2.05) is 44.2 Å². The number of likely N-dealkylation sites (tertiary alicyclic amines) is 1. The maximum atomic E-state index is 11.8. The number of aliphatic hydroxyl groups is 1. The van der Waals surface area contributed by atoms with Crippen LogP contribution in [0.5, 0.6) is 0 Å². The van der Waals surface area contributed by atoms with Crippen LogP contribution in [0.15, 0.2) is 30.3 Å². The molecule has 1 heterocycles. The largest absolute Gasteiger partial charge is 0.445 e. The van der Waals surface area contributed by atoms with Crippen molar-refractivity contribution >= 4 is 6.09 Å². The molecule has 0 saturated carbocycles. The zero-order valence-electron chi connectivity index (χ0n) is 10.1. The monoisotopic (exact) mass is 235 g/mol. The number of hydrogen-bond acceptors (Lipinski definition) is 3. The van der Waals surface area contributed by atoms with E-state index >= 15 is 0 Å². The minimum Gasteiger partial charge on any atom is -0.445 e. The molecule has 1 atom stereocenters. The van der Waals surface area contributed by atoms with Crippen LogP contribution in [0.1, 0.15) is 19.4 Å². The lowest BCUT2D eigenvalue weighted by Crippen LogP contribution is -2.69. The van der Waals surface area contributed by atoms with Gasteiger partial charge in [-0.3, -0.25) is 4.90 Å². The molecule has 1 aliphatic heterocycles. The van der Waals surface area contributed by atoms with Crippen LogP contribution in [-0.4, -0.2) is 34.3 Å². The predicted molar refractivity (Wildman–Crippen MR) is 63.4 cm³/mol. The Morgan fingerprint density at radius 2 is 2.12 bits per heavy atom. The molecule has 4 nitrogen and oxygen atoms in total. The van der Waals surface area contributed by atoms with E-state index in [-0.39, 0.29) is 12.7 Å². The van der Waals surface area contributed by atoms with E-state index in [4.69, 9.17) is 4.74 Å². The van der Waals surface area contributed by atoms with Crippen molar-refractivity contribution in [3.63, 3.8) is 0 Å². The number of carbonyl (C=O) groups excluding carboxylic acids is 1. The SMILES string of the molecule is CC1(C)[C@H](O)CN1C(=O)OCc1ccccc1. The third-order valence-electron chi connectivity index (χ3n) is 3.29. The van der Waals surface area contributed by atoms with Crippen LogP contribution in [0.25, 0.3) is 0 Å². The number of β-amino-alcohol motifs (C(OH)–C–C–N with tert-alkyl or cyclic N) is 1. The van der Waals surface area contributed by atoms with Gasteiger partial charge in [0.05, 0.1) is 18.2 Å². The Hall–Kier alpha value is -1.55. The predicted octanol–water partition coefficient (Wildman–Crippen LogP) is 1.78. The van der Waals surface area contributed by atoms with Crippen LogP contribution in [-0.2, 0) is 11.3 Å². The lowest BCUT2D eigenvalue weighted by atomic mass is 9.86. The standard InChI is InChI=1S/C13H17NO3/c1-13(2)11(15)8-14(13)12(16)17-9-10-6-4-3-5-7-10/h3-7,11,15H,8-9H2,1-2H3/t11-/m1/s1. The summed E-state index contributed by atoms with van der Waals surface area (Å²) in [4.78, 5) is 13.3. The summed E-state index contributed by atoms with van der Waals surface area (Å²) in [7, 11) is 0. The molecule has 1 fully saturated rings. The van der Waals surface area contributed by atoms with Gasteiger partial charge in [-0.05, 0) is 19.4 Å². The summed E-state index contributed by atoms with van der Waals surface area (Å²) in [6.07, 6.45) is -0.837. The first kappa shape index (κ1) is 11.9. The molecule has 1 N–H and O–H groups in total. The Labute approximate surface area is 101 Å². The van der Waals surface area contributed by atoms with Crippen LogP contribution in [0.4, 0.5) is 4.79 Å². The minimum absolute atomic E-state index is 0.266. The van der Waals surface area contributed by atoms with Crippen LogP contribution >= 0.6 is 0 Å². The Morgan fingerprint density at radius 3 is 2.65 bits per heavy atom. The number of hydrogen-bond donors (Lipinski definition) is 1. The minimum atomic E-state index is -0.520. The first-order chi connectivity index (χ1) is 8.01. The topological polar surface area (TPSA) is 49.8 Å². The smallest absolute Gasteiger partial charge is 0.410 e. The van der Waals surface area contributed by atoms with Gasteiger partial charge in [0.15, 0.2) is 0 Å². The first-order valence-corrected chi connectivity index (χ1v) is 5.68. The average molecular weight is 235 g/mol. The molecule has 0 bridgehead atoms. The molecule has 2 rings (SSSR count). The highest BCUT2D eigenvalue weighted by molar-refractivity contribution is 5.70. The molecule has 0 spiro atoms. The lowest BCUT2D eigenvalue weighted by molar-refractivity contribution is -0.104. The zero-order chi connectivity index (χ0) is 12.5. The quantitative estimate of drug-likeness (QED) is 0.850. The number of ether oxygens (including phenoxy) is 1. The molecule has 0 unspecified atom stereocenters. The maximum Gasteiger partial charge on any atom is 0.410 e. The number of aliphatic hydroxyl groups excluding tert-OH is 1. The molecule has 4 heteroatoms. The van der Waals surface area contributed by atoms with Gasteiger partial charge < -0.3 is 9.84 Å². The van der Waals surface area contributed by atoms with E-state index in [0.717, 1.165) is 5.56 Å². The second-order valence-corrected chi connectivity index (χ2v) is 4.82. The molecule has 0 aliphatic carbocycles. The summed E-state index contributed by atoms with van der Waals surface area (Å²) in [5.41, 5.74) is 0.438. The number of benzene rings is 1. The molecular formula is C13H17NO3. The molecule has 92 valence electrons. The highest BCUT2D eigenvalue weighted by atomic mass is 16.6. The molecule has 1 aliphatic rings. The van der Waals surface area contributed by atoms with Crippen molar-refractivity contribution in [2.24, 2.45) is 0 Å². The summed E-state index contributed by atoms with van der Waals surface area (Å²) >= 11 is 0. The fraction of sp³-hybridized carbons (Fsp3) is 0.462. The van der Waals surface area contributed by atoms with Crippen molar-refractivity contribution < 1.29 is 14.6 Å². The second kappa shape index (κ2) is 4.37. The molecule has 0 radical (unpaired) electrons. The lowest BCUT2D eigenvalue weighted by Gasteiger charge is -2.51. The van der Waals surface area contributed by atoms with Gasteiger partial charge in [-0.1, -0.05) is 30.3 Å². The molecule has 17 heavy (non-hydrogen) atoms. The Balaban J connectivity index is 1.87. The molecular weight excluding hydrogens is 218 g/mol. The van der Waals surface area contributed by atoms with E-state index in [0.29, 0.717) is 6.54 Å². The number of rotatable bonds is 2. The van der Waals surface area contributed by atoms with Gasteiger partial charge in [0.1, 0.15) is 6.61 Å². The first-order valence-electron chi connectivity index (χ1n) is 5.68. The van der Waals surface area contributed by atoms with Crippen LogP contribution in [0, 0.1) is 0 Å². The summed E-state index contributed by atoms with van der Waals surface area (Å²) in [6, 6.07) is 9.54. The van der Waals surface area contributed by atoms with E-state index in [9.17, 15) is 9.90 Å². The molecule has 1 amide bonds. The Morgan fingerprint density at radius 1 is 1.47 bits per heavy atom. The van der Waals surface area contributed by atoms with Gasteiger partial charge in [0.25, 0.3) is 0 Å². The maximum absolute atomic E-state index is 11.8. The Kier molecular flexibility index (Phi) is 3.07. The number of nitrogens with zero attached hydrogens (tertiary/aromatic N) is 1. The van der Waals surface area contributed by atoms with Crippen molar-refractivity contribution in [3.05, 3.63) is 35.9 Å². The van der Waals surface area contributed by atoms with Crippen molar-refractivity contribution in [2.45, 2.75) is 32.1 Å². The van der Waals surface area contributed by atoms with Gasteiger partial charge in [0.2, 0.25) is 0 Å². The molecule has 0 aromatic heterocycles.